The molecule has 0 aromatic rings. The normalized spacial score (nSPS) is 25.7. The van der Waals surface area contributed by atoms with Crippen LogP contribution in [0.5, 0.6) is 0 Å². The summed E-state index contributed by atoms with van der Waals surface area (Å²) in [5.41, 5.74) is -1.45. The van der Waals surface area contributed by atoms with E-state index in [9.17, 15) is 9.59 Å². The van der Waals surface area contributed by atoms with Crippen LogP contribution in [0.25, 0.3) is 0 Å². The molecule has 25 heavy (non-hydrogen) atoms. The third kappa shape index (κ3) is 4.75. The first-order chi connectivity index (χ1) is 11.7. The first-order valence-corrected chi connectivity index (χ1v) is 9.29. The summed E-state index contributed by atoms with van der Waals surface area (Å²) in [7, 11) is 2.10. The van der Waals surface area contributed by atoms with E-state index in [1.165, 1.54) is 0 Å². The standard InChI is InChI=1S/C19H33N3O3/c1-6-10-19(16(23)20-15-8-13-21(5)14-9-15)11-7-12-22(19)17(24)25-18(2,3)4/h6,15H,1,7-14H2,2-5H3,(H,20,23)/t19-/m1/s1. The quantitative estimate of drug-likeness (QED) is 0.791. The lowest BCUT2D eigenvalue weighted by molar-refractivity contribution is -0.132. The van der Waals surface area contributed by atoms with Crippen molar-refractivity contribution in [1.29, 1.82) is 0 Å². The van der Waals surface area contributed by atoms with Crippen molar-refractivity contribution >= 4 is 12.0 Å². The van der Waals surface area contributed by atoms with Crippen LogP contribution >= 0.6 is 0 Å². The smallest absolute Gasteiger partial charge is 0.411 e. The van der Waals surface area contributed by atoms with E-state index >= 15 is 0 Å². The second kappa shape index (κ2) is 7.77. The van der Waals surface area contributed by atoms with Crippen LogP contribution in [0.3, 0.4) is 0 Å². The van der Waals surface area contributed by atoms with Gasteiger partial charge >= 0.3 is 6.09 Å². The summed E-state index contributed by atoms with van der Waals surface area (Å²) in [6.07, 6.45) is 5.11. The maximum absolute atomic E-state index is 13.2. The molecule has 0 saturated carbocycles. The molecule has 2 fully saturated rings. The lowest BCUT2D eigenvalue weighted by Gasteiger charge is -2.39. The zero-order chi connectivity index (χ0) is 18.7. The van der Waals surface area contributed by atoms with E-state index in [0.717, 1.165) is 32.4 Å². The zero-order valence-electron chi connectivity index (χ0n) is 16.1. The van der Waals surface area contributed by atoms with Crippen LogP contribution in [0.2, 0.25) is 0 Å². The SMILES string of the molecule is C=CC[C@]1(C(=O)NC2CCN(C)CC2)CCCN1C(=O)OC(C)(C)C. The molecule has 2 saturated heterocycles. The largest absolute Gasteiger partial charge is 0.444 e. The van der Waals surface area contributed by atoms with Crippen LogP contribution in [0.1, 0.15) is 52.9 Å². The van der Waals surface area contributed by atoms with Crippen LogP contribution in [-0.2, 0) is 9.53 Å². The molecule has 142 valence electrons. The Hall–Kier alpha value is -1.56. The van der Waals surface area contributed by atoms with Crippen molar-refractivity contribution in [3.63, 3.8) is 0 Å². The number of piperidine rings is 1. The van der Waals surface area contributed by atoms with Gasteiger partial charge in [-0.3, -0.25) is 9.69 Å². The van der Waals surface area contributed by atoms with Gasteiger partial charge in [0.05, 0.1) is 0 Å². The minimum atomic E-state index is -0.868. The lowest BCUT2D eigenvalue weighted by atomic mass is 9.90. The predicted octanol–water partition coefficient (Wildman–Crippen LogP) is 2.54. The Kier molecular flexibility index (Phi) is 6.14. The topological polar surface area (TPSA) is 61.9 Å². The van der Waals surface area contributed by atoms with E-state index in [4.69, 9.17) is 4.74 Å². The molecular formula is C19H33N3O3. The van der Waals surface area contributed by atoms with Gasteiger partial charge in [0.2, 0.25) is 5.91 Å². The van der Waals surface area contributed by atoms with Crippen LogP contribution in [0.4, 0.5) is 4.79 Å². The van der Waals surface area contributed by atoms with Crippen molar-refractivity contribution in [2.75, 3.05) is 26.7 Å². The van der Waals surface area contributed by atoms with Gasteiger partial charge in [-0.2, -0.15) is 0 Å². The molecule has 1 atom stereocenters. The molecule has 6 nitrogen and oxygen atoms in total. The Bertz CT molecular complexity index is 507. The van der Waals surface area contributed by atoms with Crippen molar-refractivity contribution in [1.82, 2.24) is 15.1 Å². The van der Waals surface area contributed by atoms with E-state index in [-0.39, 0.29) is 11.9 Å². The van der Waals surface area contributed by atoms with Crippen molar-refractivity contribution in [3.8, 4) is 0 Å². The van der Waals surface area contributed by atoms with Gasteiger partial charge in [-0.05, 0) is 73.0 Å². The van der Waals surface area contributed by atoms with Crippen LogP contribution in [0.15, 0.2) is 12.7 Å². The second-order valence-corrected chi connectivity index (χ2v) is 8.31. The molecule has 0 aliphatic carbocycles. The maximum Gasteiger partial charge on any atom is 0.411 e. The number of hydrogen-bond acceptors (Lipinski definition) is 4. The summed E-state index contributed by atoms with van der Waals surface area (Å²) in [5.74, 6) is -0.0645. The molecule has 0 aromatic heterocycles. The van der Waals surface area contributed by atoms with Gasteiger partial charge in [-0.15, -0.1) is 6.58 Å². The Morgan fingerprint density at radius 1 is 1.28 bits per heavy atom. The number of carbonyl (C=O) groups is 2. The fraction of sp³-hybridized carbons (Fsp3) is 0.789. The summed E-state index contributed by atoms with van der Waals surface area (Å²) in [4.78, 5) is 29.7. The Balaban J connectivity index is 2.13. The highest BCUT2D eigenvalue weighted by Crippen LogP contribution is 2.35. The average molecular weight is 351 g/mol. The first-order valence-electron chi connectivity index (χ1n) is 9.29. The zero-order valence-corrected chi connectivity index (χ0v) is 16.1. The summed E-state index contributed by atoms with van der Waals surface area (Å²) in [5, 5.41) is 3.19. The lowest BCUT2D eigenvalue weighted by Crippen LogP contribution is -2.60. The number of nitrogens with zero attached hydrogens (tertiary/aromatic N) is 2. The van der Waals surface area contributed by atoms with Crippen LogP contribution < -0.4 is 5.32 Å². The highest BCUT2D eigenvalue weighted by atomic mass is 16.6. The maximum atomic E-state index is 13.2. The predicted molar refractivity (Wildman–Crippen MR) is 98.4 cm³/mol. The third-order valence-corrected chi connectivity index (χ3v) is 5.06. The molecule has 2 amide bonds. The number of hydrogen-bond donors (Lipinski definition) is 1. The van der Waals surface area contributed by atoms with Gasteiger partial charge in [0.25, 0.3) is 0 Å². The van der Waals surface area contributed by atoms with E-state index < -0.39 is 17.2 Å². The third-order valence-electron chi connectivity index (χ3n) is 5.06. The highest BCUT2D eigenvalue weighted by molar-refractivity contribution is 5.91. The monoisotopic (exact) mass is 351 g/mol. The summed E-state index contributed by atoms with van der Waals surface area (Å²) in [6.45, 7) is 11.8. The van der Waals surface area contributed by atoms with Crippen molar-refractivity contribution in [3.05, 3.63) is 12.7 Å². The fourth-order valence-electron chi connectivity index (χ4n) is 3.71. The Morgan fingerprint density at radius 2 is 1.92 bits per heavy atom. The Labute approximate surface area is 151 Å². The minimum absolute atomic E-state index is 0.0645. The molecule has 1 N–H and O–H groups in total. The van der Waals surface area contributed by atoms with Gasteiger partial charge in [0, 0.05) is 12.6 Å². The van der Waals surface area contributed by atoms with Crippen molar-refractivity contribution in [2.24, 2.45) is 0 Å². The minimum Gasteiger partial charge on any atom is -0.444 e. The van der Waals surface area contributed by atoms with Gasteiger partial charge in [0.1, 0.15) is 11.1 Å². The number of carbonyl (C=O) groups excluding carboxylic acids is 2. The molecule has 2 aliphatic rings. The second-order valence-electron chi connectivity index (χ2n) is 8.31. The molecular weight excluding hydrogens is 318 g/mol. The number of nitrogens with one attached hydrogen (secondary N) is 1. The van der Waals surface area contributed by atoms with E-state index in [1.807, 2.05) is 20.8 Å². The average Bonchev–Trinajstić information content (AvgIpc) is 2.93. The van der Waals surface area contributed by atoms with Gasteiger partial charge in [-0.25, -0.2) is 4.79 Å². The van der Waals surface area contributed by atoms with Gasteiger partial charge < -0.3 is 15.0 Å². The van der Waals surface area contributed by atoms with Crippen molar-refractivity contribution in [2.45, 2.75) is 70.1 Å². The molecule has 2 heterocycles. The fourth-order valence-corrected chi connectivity index (χ4v) is 3.71. The number of rotatable bonds is 4. The number of ether oxygens (including phenoxy) is 1. The molecule has 2 aliphatic heterocycles. The number of likely N-dealkylation sites (tertiary alicyclic amines) is 2. The molecule has 6 heteroatoms. The summed E-state index contributed by atoms with van der Waals surface area (Å²) < 4.78 is 5.54. The van der Waals surface area contributed by atoms with Crippen molar-refractivity contribution < 1.29 is 14.3 Å². The van der Waals surface area contributed by atoms with Gasteiger partial charge in [0.15, 0.2) is 0 Å². The van der Waals surface area contributed by atoms with E-state index in [0.29, 0.717) is 19.4 Å². The molecule has 0 spiro atoms. The molecule has 0 aromatic carbocycles. The van der Waals surface area contributed by atoms with Crippen LogP contribution in [0, 0.1) is 0 Å². The highest BCUT2D eigenvalue weighted by Gasteiger charge is 2.50. The van der Waals surface area contributed by atoms with Crippen LogP contribution in [-0.4, -0.2) is 65.7 Å². The van der Waals surface area contributed by atoms with E-state index in [1.54, 1.807) is 11.0 Å². The summed E-state index contributed by atoms with van der Waals surface area (Å²) >= 11 is 0. The first kappa shape index (κ1) is 19.8. The van der Waals surface area contributed by atoms with Gasteiger partial charge in [-0.1, -0.05) is 6.08 Å². The molecule has 0 radical (unpaired) electrons. The van der Waals surface area contributed by atoms with E-state index in [2.05, 4.69) is 23.8 Å². The summed E-state index contributed by atoms with van der Waals surface area (Å²) in [6, 6.07) is 0.173. The molecule has 2 rings (SSSR count). The molecule has 0 bridgehead atoms. The Morgan fingerprint density at radius 3 is 2.48 bits per heavy atom. The molecule has 0 unspecified atom stereocenters. The number of amides is 2.